The Balaban J connectivity index is 0.00000312. The Morgan fingerprint density at radius 3 is 2.44 bits per heavy atom. The van der Waals surface area contributed by atoms with Gasteiger partial charge in [-0.05, 0) is 37.1 Å². The van der Waals surface area contributed by atoms with Crippen LogP contribution >= 0.6 is 12.4 Å². The zero-order valence-electron chi connectivity index (χ0n) is 13.6. The maximum atomic E-state index is 12.5. The first-order chi connectivity index (χ1) is 11.3. The second-order valence-electron chi connectivity index (χ2n) is 5.60. The molecule has 0 fully saturated rings. The molecule has 0 bridgehead atoms. The van der Waals surface area contributed by atoms with Gasteiger partial charge in [-0.25, -0.2) is 4.68 Å². The molecule has 25 heavy (non-hydrogen) atoms. The van der Waals surface area contributed by atoms with Crippen LogP contribution in [0.2, 0.25) is 0 Å². The molecule has 5 nitrogen and oxygen atoms in total. The van der Waals surface area contributed by atoms with Crippen molar-refractivity contribution >= 4 is 18.3 Å². The fourth-order valence-corrected chi connectivity index (χ4v) is 2.03. The Morgan fingerprint density at radius 2 is 1.92 bits per heavy atom. The molecule has 138 valence electrons. The fraction of sp³-hybridized carbons (Fsp3) is 0.375. The summed E-state index contributed by atoms with van der Waals surface area (Å²) >= 11 is 0. The quantitative estimate of drug-likeness (QED) is 0.813. The normalized spacial score (nSPS) is 12.4. The van der Waals surface area contributed by atoms with Crippen LogP contribution in [0.4, 0.5) is 13.2 Å². The second kappa shape index (κ2) is 8.87. The number of alkyl halides is 3. The Kier molecular flexibility index (Phi) is 7.44. The first-order valence-electron chi connectivity index (χ1n) is 7.50. The topological polar surface area (TPSA) is 72.9 Å². The van der Waals surface area contributed by atoms with Crippen molar-refractivity contribution in [1.82, 2.24) is 15.1 Å². The second-order valence-corrected chi connectivity index (χ2v) is 5.60. The minimum atomic E-state index is -4.46. The van der Waals surface area contributed by atoms with Crippen LogP contribution < -0.4 is 11.1 Å². The maximum Gasteiger partial charge on any atom is 0.435 e. The van der Waals surface area contributed by atoms with Crippen molar-refractivity contribution in [2.24, 2.45) is 5.73 Å². The molecule has 9 heteroatoms. The van der Waals surface area contributed by atoms with Gasteiger partial charge in [-0.3, -0.25) is 4.79 Å². The lowest BCUT2D eigenvalue weighted by Crippen LogP contribution is -2.25. The molecule has 3 N–H and O–H groups in total. The van der Waals surface area contributed by atoms with Crippen LogP contribution in [0.15, 0.2) is 36.5 Å². The molecular formula is C16H20ClF3N4O. The third kappa shape index (κ3) is 6.39. The number of nitrogens with two attached hydrogens (primary N) is 1. The number of hydrogen-bond acceptors (Lipinski definition) is 3. The molecule has 0 saturated carbocycles. The summed E-state index contributed by atoms with van der Waals surface area (Å²) in [7, 11) is 0. The monoisotopic (exact) mass is 376 g/mol. The van der Waals surface area contributed by atoms with Gasteiger partial charge in [0.15, 0.2) is 5.69 Å². The van der Waals surface area contributed by atoms with E-state index in [2.05, 4.69) is 10.4 Å². The summed E-state index contributed by atoms with van der Waals surface area (Å²) in [6, 6.07) is 7.66. The molecule has 0 aliphatic heterocycles. The Hall–Kier alpha value is -2.06. The van der Waals surface area contributed by atoms with E-state index in [9.17, 15) is 18.0 Å². The minimum absolute atomic E-state index is 0. The Morgan fingerprint density at radius 1 is 1.28 bits per heavy atom. The van der Waals surface area contributed by atoms with E-state index < -0.39 is 11.9 Å². The molecule has 1 heterocycles. The molecule has 1 amide bonds. The van der Waals surface area contributed by atoms with Crippen molar-refractivity contribution in [2.45, 2.75) is 38.5 Å². The summed E-state index contributed by atoms with van der Waals surface area (Å²) in [6.45, 7) is 2.19. The Bertz CT molecular complexity index is 683. The number of rotatable bonds is 6. The molecule has 0 saturated heterocycles. The van der Waals surface area contributed by atoms with Gasteiger partial charge in [0, 0.05) is 25.2 Å². The van der Waals surface area contributed by atoms with E-state index in [-0.39, 0.29) is 24.4 Å². The number of carbonyl (C=O) groups is 1. The van der Waals surface area contributed by atoms with Crippen molar-refractivity contribution in [2.75, 3.05) is 0 Å². The molecule has 2 rings (SSSR count). The first-order valence-corrected chi connectivity index (χ1v) is 7.50. The van der Waals surface area contributed by atoms with E-state index in [1.807, 2.05) is 6.92 Å². The largest absolute Gasteiger partial charge is 0.435 e. The maximum absolute atomic E-state index is 12.5. The van der Waals surface area contributed by atoms with E-state index in [1.54, 1.807) is 24.3 Å². The highest BCUT2D eigenvalue weighted by Crippen LogP contribution is 2.27. The predicted octanol–water partition coefficient (Wildman–Crippen LogP) is 3.06. The number of halogens is 4. The highest BCUT2D eigenvalue weighted by Gasteiger charge is 2.33. The Labute approximate surface area is 149 Å². The number of benzene rings is 1. The van der Waals surface area contributed by atoms with E-state index in [0.717, 1.165) is 16.3 Å². The smallest absolute Gasteiger partial charge is 0.352 e. The number of nitrogens with zero attached hydrogens (tertiary/aromatic N) is 2. The zero-order valence-corrected chi connectivity index (χ0v) is 14.4. The van der Waals surface area contributed by atoms with Gasteiger partial charge >= 0.3 is 6.18 Å². The van der Waals surface area contributed by atoms with Crippen LogP contribution in [0.25, 0.3) is 5.69 Å². The predicted molar refractivity (Wildman–Crippen MR) is 90.5 cm³/mol. The van der Waals surface area contributed by atoms with Gasteiger partial charge in [0.2, 0.25) is 5.91 Å². The molecule has 0 radical (unpaired) electrons. The molecule has 1 aromatic heterocycles. The van der Waals surface area contributed by atoms with Crippen molar-refractivity contribution in [3.8, 4) is 5.69 Å². The summed E-state index contributed by atoms with van der Waals surface area (Å²) in [4.78, 5) is 11.6. The van der Waals surface area contributed by atoms with Crippen LogP contribution in [0.1, 0.15) is 31.0 Å². The van der Waals surface area contributed by atoms with Gasteiger partial charge in [0.05, 0.1) is 5.69 Å². The van der Waals surface area contributed by atoms with E-state index in [1.165, 1.54) is 6.20 Å². The molecule has 0 spiro atoms. The summed E-state index contributed by atoms with van der Waals surface area (Å²) in [5.74, 6) is -0.0849. The standard InChI is InChI=1S/C16H19F3N4O.ClH/c1-11(20)2-7-15(24)21-10-12-3-5-13(6-4-12)23-9-8-14(22-23)16(17,18)19;/h3-6,8-9,11H,2,7,10,20H2,1H3,(H,21,24);1H. The highest BCUT2D eigenvalue weighted by molar-refractivity contribution is 5.85. The highest BCUT2D eigenvalue weighted by atomic mass is 35.5. The average Bonchev–Trinajstić information content (AvgIpc) is 3.01. The molecule has 1 unspecified atom stereocenters. The van der Waals surface area contributed by atoms with E-state index in [0.29, 0.717) is 25.1 Å². The summed E-state index contributed by atoms with van der Waals surface area (Å²) in [6.07, 6.45) is -2.22. The summed E-state index contributed by atoms with van der Waals surface area (Å²) < 4.78 is 38.8. The summed E-state index contributed by atoms with van der Waals surface area (Å²) in [5, 5.41) is 6.28. The number of aromatic nitrogens is 2. The number of hydrogen-bond donors (Lipinski definition) is 2. The lowest BCUT2D eigenvalue weighted by molar-refractivity contribution is -0.141. The first kappa shape index (κ1) is 21.0. The van der Waals surface area contributed by atoms with Gasteiger partial charge in [-0.1, -0.05) is 12.1 Å². The number of carbonyl (C=O) groups excluding carboxylic acids is 1. The number of amides is 1. The van der Waals surface area contributed by atoms with Crippen LogP contribution in [-0.2, 0) is 17.5 Å². The minimum Gasteiger partial charge on any atom is -0.352 e. The summed E-state index contributed by atoms with van der Waals surface area (Å²) in [5.41, 5.74) is 6.01. The zero-order chi connectivity index (χ0) is 17.7. The van der Waals surface area contributed by atoms with Crippen molar-refractivity contribution in [3.63, 3.8) is 0 Å². The van der Waals surface area contributed by atoms with Gasteiger partial charge in [-0.15, -0.1) is 12.4 Å². The molecule has 1 aromatic carbocycles. The molecule has 0 aliphatic rings. The third-order valence-electron chi connectivity index (χ3n) is 3.40. The van der Waals surface area contributed by atoms with Crippen LogP contribution in [0, 0.1) is 0 Å². The molecular weight excluding hydrogens is 357 g/mol. The lowest BCUT2D eigenvalue weighted by atomic mass is 10.1. The van der Waals surface area contributed by atoms with Crippen molar-refractivity contribution in [1.29, 1.82) is 0 Å². The van der Waals surface area contributed by atoms with Crippen molar-refractivity contribution < 1.29 is 18.0 Å². The average molecular weight is 377 g/mol. The third-order valence-corrected chi connectivity index (χ3v) is 3.40. The molecule has 1 atom stereocenters. The lowest BCUT2D eigenvalue weighted by Gasteiger charge is -2.08. The van der Waals surface area contributed by atoms with Crippen LogP contribution in [0.5, 0.6) is 0 Å². The molecule has 2 aromatic rings. The SMILES string of the molecule is CC(N)CCC(=O)NCc1ccc(-n2ccc(C(F)(F)F)n2)cc1.Cl. The van der Waals surface area contributed by atoms with Gasteiger partial charge in [0.25, 0.3) is 0 Å². The van der Waals surface area contributed by atoms with E-state index in [4.69, 9.17) is 5.73 Å². The van der Waals surface area contributed by atoms with E-state index >= 15 is 0 Å². The van der Waals surface area contributed by atoms with Crippen molar-refractivity contribution in [3.05, 3.63) is 47.8 Å². The van der Waals surface area contributed by atoms with Gasteiger partial charge in [-0.2, -0.15) is 18.3 Å². The molecule has 0 aliphatic carbocycles. The van der Waals surface area contributed by atoms with Gasteiger partial charge in [0.1, 0.15) is 0 Å². The fourth-order valence-electron chi connectivity index (χ4n) is 2.03. The van der Waals surface area contributed by atoms with Crippen LogP contribution in [0.3, 0.4) is 0 Å². The van der Waals surface area contributed by atoms with Gasteiger partial charge < -0.3 is 11.1 Å². The van der Waals surface area contributed by atoms with Crippen LogP contribution in [-0.4, -0.2) is 21.7 Å². The number of nitrogens with one attached hydrogen (secondary N) is 1.